The minimum Gasteiger partial charge on any atom is -0.618 e. The SMILES string of the molecule is O=[N+]([O-])c1cc[n+]([O-])c(S)c1. The number of thiol groups is 1. The van der Waals surface area contributed by atoms with Gasteiger partial charge in [-0.2, -0.15) is 4.73 Å². The molecule has 1 aromatic heterocycles. The summed E-state index contributed by atoms with van der Waals surface area (Å²) >= 11 is 3.71. The lowest BCUT2D eigenvalue weighted by Gasteiger charge is -1.96. The molecule has 0 fully saturated rings. The van der Waals surface area contributed by atoms with E-state index in [-0.39, 0.29) is 10.7 Å². The van der Waals surface area contributed by atoms with Crippen molar-refractivity contribution in [2.75, 3.05) is 0 Å². The van der Waals surface area contributed by atoms with E-state index in [1.54, 1.807) is 0 Å². The Hall–Kier alpha value is -1.30. The van der Waals surface area contributed by atoms with Crippen LogP contribution in [-0.2, 0) is 0 Å². The minimum atomic E-state index is -0.584. The Morgan fingerprint density at radius 3 is 2.73 bits per heavy atom. The van der Waals surface area contributed by atoms with E-state index in [0.29, 0.717) is 4.73 Å². The zero-order valence-corrected chi connectivity index (χ0v) is 6.19. The fourth-order valence-electron chi connectivity index (χ4n) is 0.578. The van der Waals surface area contributed by atoms with Gasteiger partial charge >= 0.3 is 0 Å². The minimum absolute atomic E-state index is 0.0131. The van der Waals surface area contributed by atoms with E-state index in [1.807, 2.05) is 0 Å². The Balaban J connectivity index is 3.15. The maximum atomic E-state index is 10.6. The highest BCUT2D eigenvalue weighted by atomic mass is 32.1. The predicted octanol–water partition coefficient (Wildman–Crippen LogP) is 0.517. The van der Waals surface area contributed by atoms with Crippen LogP contribution in [0.4, 0.5) is 5.69 Å². The van der Waals surface area contributed by atoms with Crippen molar-refractivity contribution < 1.29 is 9.65 Å². The number of nitro groups is 1. The fraction of sp³-hybridized carbons (Fsp3) is 0. The van der Waals surface area contributed by atoms with Crippen LogP contribution in [0.3, 0.4) is 0 Å². The molecule has 0 radical (unpaired) electrons. The summed E-state index contributed by atoms with van der Waals surface area (Å²) in [5, 5.41) is 20.7. The van der Waals surface area contributed by atoms with Crippen LogP contribution in [-0.4, -0.2) is 4.92 Å². The number of rotatable bonds is 1. The highest BCUT2D eigenvalue weighted by Crippen LogP contribution is 2.10. The molecule has 0 aliphatic heterocycles. The molecule has 0 N–H and O–H groups in total. The van der Waals surface area contributed by atoms with Gasteiger partial charge in [0.1, 0.15) is 0 Å². The summed E-state index contributed by atoms with van der Waals surface area (Å²) in [7, 11) is 0. The Bertz CT molecular complexity index is 302. The highest BCUT2D eigenvalue weighted by molar-refractivity contribution is 7.80. The lowest BCUT2D eigenvalue weighted by Crippen LogP contribution is -2.27. The summed E-state index contributed by atoms with van der Waals surface area (Å²) in [4.78, 5) is 9.54. The molecule has 0 aromatic carbocycles. The van der Waals surface area contributed by atoms with Crippen molar-refractivity contribution in [1.82, 2.24) is 0 Å². The number of hydrogen-bond donors (Lipinski definition) is 1. The molecule has 0 amide bonds. The van der Waals surface area contributed by atoms with Crippen LogP contribution in [0.5, 0.6) is 0 Å². The summed E-state index contributed by atoms with van der Waals surface area (Å²) in [5.41, 5.74) is -0.137. The lowest BCUT2D eigenvalue weighted by atomic mass is 10.4. The van der Waals surface area contributed by atoms with Crippen molar-refractivity contribution in [2.45, 2.75) is 5.03 Å². The number of nitrogens with zero attached hydrogens (tertiary/aromatic N) is 2. The number of hydrogen-bond acceptors (Lipinski definition) is 4. The van der Waals surface area contributed by atoms with Crippen LogP contribution in [0.2, 0.25) is 0 Å². The van der Waals surface area contributed by atoms with Crippen molar-refractivity contribution in [3.05, 3.63) is 33.7 Å². The van der Waals surface area contributed by atoms with Gasteiger partial charge in [-0.1, -0.05) is 12.6 Å². The van der Waals surface area contributed by atoms with Crippen molar-refractivity contribution in [1.29, 1.82) is 0 Å². The molecule has 0 bridgehead atoms. The van der Waals surface area contributed by atoms with Crippen LogP contribution in [0.15, 0.2) is 23.4 Å². The average molecular weight is 172 g/mol. The summed E-state index contributed by atoms with van der Waals surface area (Å²) in [6.45, 7) is 0. The first kappa shape index (κ1) is 7.80. The van der Waals surface area contributed by atoms with Gasteiger partial charge in [0.25, 0.3) is 10.7 Å². The molecule has 6 heteroatoms. The molecule has 0 atom stereocenters. The molecule has 0 aliphatic carbocycles. The summed E-state index contributed by atoms with van der Waals surface area (Å²) in [6.07, 6.45) is 1.04. The molecule has 58 valence electrons. The van der Waals surface area contributed by atoms with Gasteiger partial charge in [-0.05, 0) is 0 Å². The normalized spacial score (nSPS) is 9.55. The molecule has 0 unspecified atom stereocenters. The van der Waals surface area contributed by atoms with E-state index >= 15 is 0 Å². The van der Waals surface area contributed by atoms with E-state index in [4.69, 9.17) is 0 Å². The van der Waals surface area contributed by atoms with Gasteiger partial charge in [0.2, 0.25) is 0 Å². The van der Waals surface area contributed by atoms with E-state index in [0.717, 1.165) is 18.3 Å². The first-order chi connectivity index (χ1) is 5.11. The average Bonchev–Trinajstić information content (AvgIpc) is 1.94. The Labute approximate surface area is 67.4 Å². The van der Waals surface area contributed by atoms with Gasteiger partial charge in [0, 0.05) is 0 Å². The Morgan fingerprint density at radius 1 is 1.64 bits per heavy atom. The largest absolute Gasteiger partial charge is 0.618 e. The smallest absolute Gasteiger partial charge is 0.282 e. The first-order valence-corrected chi connectivity index (χ1v) is 3.12. The molecule has 0 aliphatic rings. The molecular weight excluding hydrogens is 168 g/mol. The summed E-state index contributed by atoms with van der Waals surface area (Å²) in [5.74, 6) is 0. The van der Waals surface area contributed by atoms with Crippen molar-refractivity contribution in [3.8, 4) is 0 Å². The van der Waals surface area contributed by atoms with Crippen LogP contribution in [0.25, 0.3) is 0 Å². The van der Waals surface area contributed by atoms with E-state index in [1.165, 1.54) is 0 Å². The Morgan fingerprint density at radius 2 is 2.27 bits per heavy atom. The van der Waals surface area contributed by atoms with E-state index in [9.17, 15) is 15.3 Å². The molecule has 0 saturated heterocycles. The van der Waals surface area contributed by atoms with Crippen molar-refractivity contribution >= 4 is 18.3 Å². The zero-order chi connectivity index (χ0) is 8.43. The van der Waals surface area contributed by atoms with Gasteiger partial charge in [-0.25, -0.2) is 0 Å². The van der Waals surface area contributed by atoms with Crippen LogP contribution in [0, 0.1) is 15.3 Å². The molecule has 5 nitrogen and oxygen atoms in total. The van der Waals surface area contributed by atoms with Crippen LogP contribution >= 0.6 is 12.6 Å². The Kier molecular flexibility index (Phi) is 1.95. The van der Waals surface area contributed by atoms with E-state index < -0.39 is 4.92 Å². The lowest BCUT2D eigenvalue weighted by molar-refractivity contribution is -0.645. The van der Waals surface area contributed by atoms with Gasteiger partial charge in [0.05, 0.1) is 17.1 Å². The summed E-state index contributed by atoms with van der Waals surface area (Å²) in [6, 6.07) is 2.21. The first-order valence-electron chi connectivity index (χ1n) is 2.68. The third kappa shape index (κ3) is 1.58. The standard InChI is InChI=1S/C5H4N2O3S/c8-6-2-1-4(7(9)10)3-5(6)11/h1-3,11H. The number of aromatic nitrogens is 1. The summed E-state index contributed by atoms with van der Waals surface area (Å²) < 4.78 is 0.441. The van der Waals surface area contributed by atoms with Gasteiger partial charge in [-0.15, -0.1) is 0 Å². The van der Waals surface area contributed by atoms with Crippen LogP contribution in [0.1, 0.15) is 0 Å². The topological polar surface area (TPSA) is 70.1 Å². The van der Waals surface area contributed by atoms with Gasteiger partial charge < -0.3 is 5.21 Å². The quantitative estimate of drug-likeness (QED) is 0.221. The third-order valence-corrected chi connectivity index (χ3v) is 1.42. The predicted molar refractivity (Wildman–Crippen MR) is 39.3 cm³/mol. The van der Waals surface area contributed by atoms with Crippen LogP contribution < -0.4 is 4.73 Å². The van der Waals surface area contributed by atoms with E-state index in [2.05, 4.69) is 12.6 Å². The fourth-order valence-corrected chi connectivity index (χ4v) is 0.777. The second-order valence-corrected chi connectivity index (χ2v) is 2.28. The molecule has 0 spiro atoms. The third-order valence-electron chi connectivity index (χ3n) is 1.09. The van der Waals surface area contributed by atoms with Crippen molar-refractivity contribution in [3.63, 3.8) is 0 Å². The highest BCUT2D eigenvalue weighted by Gasteiger charge is 2.09. The molecule has 1 heterocycles. The monoisotopic (exact) mass is 172 g/mol. The van der Waals surface area contributed by atoms with Gasteiger partial charge in [0.15, 0.2) is 6.20 Å². The molecule has 1 rings (SSSR count). The molecule has 11 heavy (non-hydrogen) atoms. The zero-order valence-electron chi connectivity index (χ0n) is 5.30. The second kappa shape index (κ2) is 2.75. The van der Waals surface area contributed by atoms with Crippen molar-refractivity contribution in [2.24, 2.45) is 0 Å². The maximum Gasteiger partial charge on any atom is 0.282 e. The van der Waals surface area contributed by atoms with Gasteiger partial charge in [-0.3, -0.25) is 10.1 Å². The second-order valence-electron chi connectivity index (χ2n) is 1.83. The molecule has 0 saturated carbocycles. The molecular formula is C5H4N2O3S. The molecule has 1 aromatic rings. The number of pyridine rings is 1. The maximum absolute atomic E-state index is 10.6.